The van der Waals surface area contributed by atoms with E-state index in [4.69, 9.17) is 0 Å². The standard InChI is InChI=1S/C14H11F3N4O/c1-2-20-8-18-12-11(13(20)22)7-19-21(12)10-5-3-4-9(6-10)14(15,16)17/h3-8H,2H2,1H3. The van der Waals surface area contributed by atoms with Crippen molar-refractivity contribution in [1.29, 1.82) is 0 Å². The van der Waals surface area contributed by atoms with E-state index in [-0.39, 0.29) is 22.3 Å². The first kappa shape index (κ1) is 14.3. The van der Waals surface area contributed by atoms with Crippen LogP contribution in [0.2, 0.25) is 0 Å². The number of halogens is 3. The van der Waals surface area contributed by atoms with E-state index in [0.717, 1.165) is 12.1 Å². The van der Waals surface area contributed by atoms with Gasteiger partial charge in [-0.1, -0.05) is 6.07 Å². The predicted octanol–water partition coefficient (Wildman–Crippen LogP) is 2.62. The molecule has 0 bridgehead atoms. The summed E-state index contributed by atoms with van der Waals surface area (Å²) in [5, 5.41) is 4.26. The molecule has 0 radical (unpaired) electrons. The van der Waals surface area contributed by atoms with Gasteiger partial charge in [-0.05, 0) is 25.1 Å². The Kier molecular flexibility index (Phi) is 3.23. The van der Waals surface area contributed by atoms with E-state index in [1.165, 1.54) is 33.9 Å². The van der Waals surface area contributed by atoms with Crippen LogP contribution >= 0.6 is 0 Å². The van der Waals surface area contributed by atoms with Gasteiger partial charge in [0.2, 0.25) is 0 Å². The predicted molar refractivity (Wildman–Crippen MR) is 73.8 cm³/mol. The summed E-state index contributed by atoms with van der Waals surface area (Å²) >= 11 is 0. The van der Waals surface area contributed by atoms with Crippen molar-refractivity contribution in [3.05, 3.63) is 52.7 Å². The van der Waals surface area contributed by atoms with E-state index in [0.29, 0.717) is 6.54 Å². The number of fused-ring (bicyclic) bond motifs is 1. The number of nitrogens with zero attached hydrogens (tertiary/aromatic N) is 4. The Balaban J connectivity index is 2.20. The maximum Gasteiger partial charge on any atom is 0.416 e. The molecule has 3 rings (SSSR count). The second-order valence-corrected chi connectivity index (χ2v) is 4.68. The number of alkyl halides is 3. The molecule has 0 aliphatic rings. The van der Waals surface area contributed by atoms with Gasteiger partial charge < -0.3 is 0 Å². The molecule has 5 nitrogen and oxygen atoms in total. The summed E-state index contributed by atoms with van der Waals surface area (Å²) in [6, 6.07) is 4.72. The fraction of sp³-hybridized carbons (Fsp3) is 0.214. The van der Waals surface area contributed by atoms with Crippen LogP contribution in [0.3, 0.4) is 0 Å². The second kappa shape index (κ2) is 4.97. The van der Waals surface area contributed by atoms with Gasteiger partial charge in [0.25, 0.3) is 5.56 Å². The Morgan fingerprint density at radius 3 is 2.73 bits per heavy atom. The van der Waals surface area contributed by atoms with Gasteiger partial charge in [0.05, 0.1) is 23.8 Å². The van der Waals surface area contributed by atoms with E-state index < -0.39 is 11.7 Å². The number of hydrogen-bond donors (Lipinski definition) is 0. The average Bonchev–Trinajstić information content (AvgIpc) is 2.92. The maximum absolute atomic E-state index is 12.8. The molecule has 0 atom stereocenters. The summed E-state index contributed by atoms with van der Waals surface area (Å²) in [5.74, 6) is 0. The van der Waals surface area contributed by atoms with Crippen molar-refractivity contribution >= 4 is 11.0 Å². The van der Waals surface area contributed by atoms with Crippen molar-refractivity contribution in [3.8, 4) is 5.69 Å². The summed E-state index contributed by atoms with van der Waals surface area (Å²) in [6.07, 6.45) is -1.77. The number of benzene rings is 1. The lowest BCUT2D eigenvalue weighted by Crippen LogP contribution is -2.19. The van der Waals surface area contributed by atoms with Crippen molar-refractivity contribution in [2.45, 2.75) is 19.6 Å². The highest BCUT2D eigenvalue weighted by molar-refractivity contribution is 5.74. The van der Waals surface area contributed by atoms with E-state index >= 15 is 0 Å². The molecule has 0 saturated carbocycles. The molecular weight excluding hydrogens is 297 g/mol. The lowest BCUT2D eigenvalue weighted by molar-refractivity contribution is -0.137. The summed E-state index contributed by atoms with van der Waals surface area (Å²) in [4.78, 5) is 16.2. The highest BCUT2D eigenvalue weighted by atomic mass is 19.4. The Labute approximate surface area is 122 Å². The third kappa shape index (κ3) is 2.26. The van der Waals surface area contributed by atoms with E-state index in [2.05, 4.69) is 10.1 Å². The molecule has 3 aromatic rings. The van der Waals surface area contributed by atoms with E-state index in [1.807, 2.05) is 0 Å². The summed E-state index contributed by atoms with van der Waals surface area (Å²) in [5.41, 5.74) is -0.624. The first-order valence-corrected chi connectivity index (χ1v) is 6.52. The van der Waals surface area contributed by atoms with Gasteiger partial charge in [-0.3, -0.25) is 9.36 Å². The minimum Gasteiger partial charge on any atom is -0.299 e. The minimum atomic E-state index is -4.44. The molecule has 0 unspecified atom stereocenters. The Hall–Kier alpha value is -2.64. The molecule has 0 aliphatic carbocycles. The van der Waals surface area contributed by atoms with Crippen LogP contribution in [0.5, 0.6) is 0 Å². The van der Waals surface area contributed by atoms with Crippen LogP contribution in [0.25, 0.3) is 16.7 Å². The molecular formula is C14H11F3N4O. The maximum atomic E-state index is 12.8. The SMILES string of the molecule is CCn1cnc2c(cnn2-c2cccc(C(F)(F)F)c2)c1=O. The number of aryl methyl sites for hydroxylation is 1. The molecule has 0 fully saturated rings. The molecule has 0 spiro atoms. The number of aromatic nitrogens is 4. The lowest BCUT2D eigenvalue weighted by atomic mass is 10.2. The summed E-state index contributed by atoms with van der Waals surface area (Å²) in [6.45, 7) is 2.25. The van der Waals surface area contributed by atoms with Gasteiger partial charge in [0.15, 0.2) is 5.65 Å². The monoisotopic (exact) mass is 308 g/mol. The highest BCUT2D eigenvalue weighted by Gasteiger charge is 2.30. The summed E-state index contributed by atoms with van der Waals surface area (Å²) in [7, 11) is 0. The molecule has 0 saturated heterocycles. The van der Waals surface area contributed by atoms with Gasteiger partial charge in [-0.25, -0.2) is 9.67 Å². The van der Waals surface area contributed by atoms with Gasteiger partial charge in [-0.15, -0.1) is 0 Å². The second-order valence-electron chi connectivity index (χ2n) is 4.68. The molecule has 1 aromatic carbocycles. The zero-order chi connectivity index (χ0) is 15.9. The van der Waals surface area contributed by atoms with E-state index in [1.54, 1.807) is 6.92 Å². The zero-order valence-electron chi connectivity index (χ0n) is 11.5. The Morgan fingerprint density at radius 2 is 2.05 bits per heavy atom. The van der Waals surface area contributed by atoms with Crippen LogP contribution in [0.1, 0.15) is 12.5 Å². The van der Waals surface area contributed by atoms with Crippen LogP contribution in [0.4, 0.5) is 13.2 Å². The third-order valence-corrected chi connectivity index (χ3v) is 3.31. The van der Waals surface area contributed by atoms with Gasteiger partial charge in [0, 0.05) is 6.54 Å². The van der Waals surface area contributed by atoms with Crippen molar-refractivity contribution in [3.63, 3.8) is 0 Å². The molecule has 114 valence electrons. The van der Waals surface area contributed by atoms with Crippen LogP contribution in [0.15, 0.2) is 41.6 Å². The van der Waals surface area contributed by atoms with Crippen LogP contribution in [0, 0.1) is 0 Å². The highest BCUT2D eigenvalue weighted by Crippen LogP contribution is 2.30. The minimum absolute atomic E-state index is 0.200. The fourth-order valence-electron chi connectivity index (χ4n) is 2.18. The van der Waals surface area contributed by atoms with Crippen molar-refractivity contribution < 1.29 is 13.2 Å². The molecule has 0 aliphatic heterocycles. The average molecular weight is 308 g/mol. The largest absolute Gasteiger partial charge is 0.416 e. The quantitative estimate of drug-likeness (QED) is 0.731. The van der Waals surface area contributed by atoms with Gasteiger partial charge in [-0.2, -0.15) is 18.3 Å². The summed E-state index contributed by atoms with van der Waals surface area (Å²) < 4.78 is 41.0. The van der Waals surface area contributed by atoms with Crippen molar-refractivity contribution in [2.75, 3.05) is 0 Å². The molecule has 0 N–H and O–H groups in total. The Morgan fingerprint density at radius 1 is 1.27 bits per heavy atom. The lowest BCUT2D eigenvalue weighted by Gasteiger charge is -2.09. The first-order chi connectivity index (χ1) is 10.4. The zero-order valence-corrected chi connectivity index (χ0v) is 11.5. The Bertz CT molecular complexity index is 895. The number of rotatable bonds is 2. The van der Waals surface area contributed by atoms with Crippen LogP contribution in [-0.2, 0) is 12.7 Å². The van der Waals surface area contributed by atoms with Crippen LogP contribution < -0.4 is 5.56 Å². The fourth-order valence-corrected chi connectivity index (χ4v) is 2.18. The van der Waals surface area contributed by atoms with Crippen LogP contribution in [-0.4, -0.2) is 19.3 Å². The van der Waals surface area contributed by atoms with E-state index in [9.17, 15) is 18.0 Å². The normalized spacial score (nSPS) is 12.0. The third-order valence-electron chi connectivity index (χ3n) is 3.31. The number of hydrogen-bond acceptors (Lipinski definition) is 3. The molecule has 8 heteroatoms. The van der Waals surface area contributed by atoms with Crippen molar-refractivity contribution in [2.24, 2.45) is 0 Å². The molecule has 2 aromatic heterocycles. The molecule has 0 amide bonds. The first-order valence-electron chi connectivity index (χ1n) is 6.52. The molecule has 22 heavy (non-hydrogen) atoms. The topological polar surface area (TPSA) is 52.7 Å². The van der Waals surface area contributed by atoms with Gasteiger partial charge in [0.1, 0.15) is 5.39 Å². The molecule has 2 heterocycles. The van der Waals surface area contributed by atoms with Gasteiger partial charge >= 0.3 is 6.18 Å². The van der Waals surface area contributed by atoms with Crippen molar-refractivity contribution in [1.82, 2.24) is 19.3 Å². The smallest absolute Gasteiger partial charge is 0.299 e.